The Morgan fingerprint density at radius 3 is 2.38 bits per heavy atom. The Labute approximate surface area is 156 Å². The monoisotopic (exact) mass is 417 g/mol. The van der Waals surface area contributed by atoms with E-state index in [1.165, 1.54) is 18.3 Å². The van der Waals surface area contributed by atoms with E-state index >= 15 is 0 Å². The van der Waals surface area contributed by atoms with Gasteiger partial charge in [-0.15, -0.1) is 0 Å². The summed E-state index contributed by atoms with van der Waals surface area (Å²) in [6.07, 6.45) is 4.91. The molecule has 2 aromatic rings. The van der Waals surface area contributed by atoms with Crippen molar-refractivity contribution in [3.05, 3.63) is 45.8 Å². The van der Waals surface area contributed by atoms with E-state index in [0.29, 0.717) is 5.76 Å². The molecule has 26 heavy (non-hydrogen) atoms. The number of rotatable bonds is 6. The molecule has 1 fully saturated rings. The van der Waals surface area contributed by atoms with Gasteiger partial charge in [0.2, 0.25) is 0 Å². The Kier molecular flexibility index (Phi) is 4.74. The number of hydrogen-bond donors (Lipinski definition) is 0. The number of ketones is 1. The summed E-state index contributed by atoms with van der Waals surface area (Å²) < 4.78 is 53.2. The molecule has 1 aromatic carbocycles. The molecular weight excluding hydrogens is 402 g/mol. The zero-order chi connectivity index (χ0) is 19.3. The smallest absolute Gasteiger partial charge is 0.198 e. The lowest BCUT2D eigenvalue weighted by molar-refractivity contribution is 0.103. The number of benzene rings is 1. The van der Waals surface area contributed by atoms with Gasteiger partial charge in [0.15, 0.2) is 31.2 Å². The normalized spacial score (nSPS) is 15.2. The topological polar surface area (TPSA) is 111 Å². The maximum Gasteiger partial charge on any atom is 0.198 e. The minimum atomic E-state index is -3.86. The molecule has 0 N–H and O–H groups in total. The van der Waals surface area contributed by atoms with Gasteiger partial charge in [-0.25, -0.2) is 16.8 Å². The van der Waals surface area contributed by atoms with E-state index in [0.717, 1.165) is 25.4 Å². The summed E-state index contributed by atoms with van der Waals surface area (Å²) in [4.78, 5) is 12.7. The number of hydrogen-bond acceptors (Lipinski definition) is 7. The molecule has 1 heterocycles. The molecular formula is C16H16ClNO6S2. The molecule has 140 valence electrons. The van der Waals surface area contributed by atoms with Crippen LogP contribution in [0.3, 0.4) is 0 Å². The first-order valence-electron chi connectivity index (χ1n) is 7.67. The molecule has 10 heteroatoms. The molecule has 0 atom stereocenters. The molecule has 0 aliphatic heterocycles. The van der Waals surface area contributed by atoms with Crippen molar-refractivity contribution in [2.24, 2.45) is 0 Å². The van der Waals surface area contributed by atoms with Crippen molar-refractivity contribution in [2.75, 3.05) is 12.5 Å². The third-order valence-corrected chi connectivity index (χ3v) is 6.47. The third kappa shape index (κ3) is 3.84. The van der Waals surface area contributed by atoms with Gasteiger partial charge in [-0.05, 0) is 30.5 Å². The van der Waals surface area contributed by atoms with Crippen molar-refractivity contribution >= 4 is 37.1 Å². The maximum absolute atomic E-state index is 13.0. The summed E-state index contributed by atoms with van der Waals surface area (Å²) in [5.41, 5.74) is 0.0461. The van der Waals surface area contributed by atoms with E-state index in [1.807, 2.05) is 0 Å². The van der Waals surface area contributed by atoms with Crippen LogP contribution in [0.1, 0.15) is 46.0 Å². The molecule has 3 rings (SSSR count). The summed E-state index contributed by atoms with van der Waals surface area (Å²) in [5.74, 6) is -0.609. The summed E-state index contributed by atoms with van der Waals surface area (Å²) in [7, 11) is -7.49. The van der Waals surface area contributed by atoms with E-state index < -0.39 is 31.2 Å². The standard InChI is InChI=1S/C16H16ClNO6S2/c1-25(20,21)8-12-10(5-6-13(17)16(12)26(2,22)23)14(19)11-7-18-24-15(11)9-3-4-9/h5-7,9H,3-4,8H2,1-2H3. The van der Waals surface area contributed by atoms with Crippen molar-refractivity contribution in [3.63, 3.8) is 0 Å². The first kappa shape index (κ1) is 19.1. The van der Waals surface area contributed by atoms with Gasteiger partial charge in [0.25, 0.3) is 0 Å². The van der Waals surface area contributed by atoms with Gasteiger partial charge < -0.3 is 4.52 Å². The second kappa shape index (κ2) is 6.47. The van der Waals surface area contributed by atoms with Gasteiger partial charge >= 0.3 is 0 Å². The number of nitrogens with zero attached hydrogens (tertiary/aromatic N) is 1. The lowest BCUT2D eigenvalue weighted by Gasteiger charge is -2.14. The SMILES string of the molecule is CS(=O)(=O)Cc1c(C(=O)c2cnoc2C2CC2)ccc(Cl)c1S(C)(=O)=O. The Hall–Kier alpha value is -1.71. The predicted molar refractivity (Wildman–Crippen MR) is 95.0 cm³/mol. The van der Waals surface area contributed by atoms with Crippen LogP contribution in [-0.4, -0.2) is 40.3 Å². The minimum Gasteiger partial charge on any atom is -0.360 e. The van der Waals surface area contributed by atoms with E-state index in [-0.39, 0.29) is 32.5 Å². The molecule has 0 spiro atoms. The van der Waals surface area contributed by atoms with Crippen molar-refractivity contribution in [1.82, 2.24) is 5.16 Å². The van der Waals surface area contributed by atoms with Gasteiger partial charge in [-0.1, -0.05) is 16.8 Å². The average molecular weight is 418 g/mol. The molecule has 1 saturated carbocycles. The molecule has 1 aliphatic rings. The molecule has 0 unspecified atom stereocenters. The van der Waals surface area contributed by atoms with Crippen molar-refractivity contribution in [3.8, 4) is 0 Å². The van der Waals surface area contributed by atoms with Crippen LogP contribution in [-0.2, 0) is 25.4 Å². The highest BCUT2D eigenvalue weighted by atomic mass is 35.5. The molecule has 0 amide bonds. The maximum atomic E-state index is 13.0. The fourth-order valence-electron chi connectivity index (χ4n) is 2.82. The summed E-state index contributed by atoms with van der Waals surface area (Å²) >= 11 is 6.02. The van der Waals surface area contributed by atoms with Gasteiger partial charge in [0.05, 0.1) is 27.4 Å². The van der Waals surface area contributed by atoms with E-state index in [4.69, 9.17) is 16.1 Å². The van der Waals surface area contributed by atoms with Gasteiger partial charge in [-0.2, -0.15) is 0 Å². The number of aromatic nitrogens is 1. The van der Waals surface area contributed by atoms with Crippen LogP contribution in [0, 0.1) is 0 Å². The van der Waals surface area contributed by atoms with Crippen LogP contribution in [0.25, 0.3) is 0 Å². The van der Waals surface area contributed by atoms with E-state index in [9.17, 15) is 21.6 Å². The van der Waals surface area contributed by atoms with Crippen LogP contribution in [0.5, 0.6) is 0 Å². The predicted octanol–water partition coefficient (Wildman–Crippen LogP) is 2.38. The van der Waals surface area contributed by atoms with Gasteiger partial charge in [0.1, 0.15) is 0 Å². The summed E-state index contributed by atoms with van der Waals surface area (Å²) in [6, 6.07) is 2.62. The number of sulfone groups is 2. The van der Waals surface area contributed by atoms with Crippen LogP contribution in [0.2, 0.25) is 5.02 Å². The Bertz CT molecular complexity index is 1100. The number of carbonyl (C=O) groups excluding carboxylic acids is 1. The summed E-state index contributed by atoms with van der Waals surface area (Å²) in [6.45, 7) is 0. The van der Waals surface area contributed by atoms with Crippen molar-refractivity contribution in [2.45, 2.75) is 29.4 Å². The Morgan fingerprint density at radius 2 is 1.85 bits per heavy atom. The zero-order valence-electron chi connectivity index (χ0n) is 14.0. The van der Waals surface area contributed by atoms with Crippen LogP contribution in [0.4, 0.5) is 0 Å². The Balaban J connectivity index is 2.23. The quantitative estimate of drug-likeness (QED) is 0.663. The second-order valence-electron chi connectivity index (χ2n) is 6.45. The molecule has 0 radical (unpaired) electrons. The fraction of sp³-hybridized carbons (Fsp3) is 0.375. The van der Waals surface area contributed by atoms with Gasteiger partial charge in [0, 0.05) is 24.0 Å². The van der Waals surface area contributed by atoms with Crippen molar-refractivity contribution in [1.29, 1.82) is 0 Å². The second-order valence-corrected chi connectivity index (χ2v) is 11.0. The first-order chi connectivity index (χ1) is 12.0. The highest BCUT2D eigenvalue weighted by Crippen LogP contribution is 2.42. The number of carbonyl (C=O) groups is 1. The van der Waals surface area contributed by atoms with E-state index in [2.05, 4.69) is 5.16 Å². The largest absolute Gasteiger partial charge is 0.360 e. The summed E-state index contributed by atoms with van der Waals surface area (Å²) in [5, 5.41) is 3.54. The third-order valence-electron chi connectivity index (χ3n) is 4.03. The van der Waals surface area contributed by atoms with E-state index in [1.54, 1.807) is 0 Å². The first-order valence-corrected chi connectivity index (χ1v) is 12.0. The molecule has 1 aliphatic carbocycles. The average Bonchev–Trinajstić information content (AvgIpc) is 3.21. The van der Waals surface area contributed by atoms with Crippen LogP contribution < -0.4 is 0 Å². The number of halogens is 1. The molecule has 0 bridgehead atoms. The van der Waals surface area contributed by atoms with Crippen LogP contribution in [0.15, 0.2) is 27.7 Å². The van der Waals surface area contributed by atoms with Gasteiger partial charge in [-0.3, -0.25) is 4.79 Å². The molecule has 7 nitrogen and oxygen atoms in total. The lowest BCUT2D eigenvalue weighted by Crippen LogP contribution is -2.15. The highest BCUT2D eigenvalue weighted by molar-refractivity contribution is 7.91. The minimum absolute atomic E-state index is 0.0367. The molecule has 1 aromatic heterocycles. The van der Waals surface area contributed by atoms with Crippen molar-refractivity contribution < 1.29 is 26.2 Å². The Morgan fingerprint density at radius 1 is 1.19 bits per heavy atom. The highest BCUT2D eigenvalue weighted by Gasteiger charge is 2.34. The fourth-order valence-corrected chi connectivity index (χ4v) is 5.39. The zero-order valence-corrected chi connectivity index (χ0v) is 16.4. The molecule has 0 saturated heterocycles. The lowest BCUT2D eigenvalue weighted by atomic mass is 9.98. The van der Waals surface area contributed by atoms with Crippen LogP contribution >= 0.6 is 11.6 Å².